The van der Waals surface area contributed by atoms with Crippen LogP contribution in [0.5, 0.6) is 0 Å². The monoisotopic (exact) mass is 282 g/mol. The summed E-state index contributed by atoms with van der Waals surface area (Å²) in [6.07, 6.45) is 1.82. The van der Waals surface area contributed by atoms with E-state index in [2.05, 4.69) is 55.7 Å². The van der Waals surface area contributed by atoms with E-state index < -0.39 is 0 Å². The zero-order valence-electron chi connectivity index (χ0n) is 12.5. The van der Waals surface area contributed by atoms with Crippen LogP contribution in [0.2, 0.25) is 0 Å². The molecule has 2 rings (SSSR count). The fourth-order valence-corrected chi connectivity index (χ4v) is 3.54. The van der Waals surface area contributed by atoms with Crippen molar-refractivity contribution in [2.45, 2.75) is 58.1 Å². The molecule has 0 aromatic carbocycles. The van der Waals surface area contributed by atoms with E-state index in [9.17, 15) is 0 Å². The fraction of sp³-hybridized carbons (Fsp3) is 0.733. The normalized spacial score (nSPS) is 25.1. The van der Waals surface area contributed by atoms with Crippen molar-refractivity contribution in [1.82, 2.24) is 10.2 Å². The summed E-state index contributed by atoms with van der Waals surface area (Å²) < 4.78 is 5.69. The second-order valence-electron chi connectivity index (χ2n) is 5.69. The third kappa shape index (κ3) is 4.01. The molecule has 1 N–H and O–H groups in total. The molecule has 19 heavy (non-hydrogen) atoms. The van der Waals surface area contributed by atoms with Crippen LogP contribution in [0.3, 0.4) is 0 Å². The van der Waals surface area contributed by atoms with Crippen molar-refractivity contribution in [3.8, 4) is 0 Å². The molecule has 1 aliphatic rings. The Balaban J connectivity index is 1.96. The van der Waals surface area contributed by atoms with E-state index in [-0.39, 0.29) is 0 Å². The largest absolute Gasteiger partial charge is 0.468 e. The molecule has 108 valence electrons. The molecule has 2 heterocycles. The quantitative estimate of drug-likeness (QED) is 0.898. The first-order valence-corrected chi connectivity index (χ1v) is 8.27. The summed E-state index contributed by atoms with van der Waals surface area (Å²) in [5, 5.41) is 4.17. The lowest BCUT2D eigenvalue weighted by molar-refractivity contribution is 0.188. The van der Waals surface area contributed by atoms with Gasteiger partial charge < -0.3 is 9.73 Å². The fourth-order valence-electron chi connectivity index (χ4n) is 2.38. The first kappa shape index (κ1) is 14.9. The Bertz CT molecular complexity index is 391. The second kappa shape index (κ2) is 6.82. The predicted octanol–water partition coefficient (Wildman–Crippen LogP) is 3.10. The molecule has 0 radical (unpaired) electrons. The third-order valence-corrected chi connectivity index (χ3v) is 5.24. The van der Waals surface area contributed by atoms with Crippen molar-refractivity contribution >= 4 is 11.8 Å². The van der Waals surface area contributed by atoms with E-state index in [0.29, 0.717) is 17.3 Å². The Hall–Kier alpha value is -0.450. The van der Waals surface area contributed by atoms with E-state index in [4.69, 9.17) is 4.42 Å². The predicted molar refractivity (Wildman–Crippen MR) is 82.5 cm³/mol. The summed E-state index contributed by atoms with van der Waals surface area (Å²) in [5.41, 5.74) is 1.30. The first-order valence-electron chi connectivity index (χ1n) is 7.22. The molecule has 3 nitrogen and oxygen atoms in total. The smallest absolute Gasteiger partial charge is 0.122 e. The number of hydrogen-bond acceptors (Lipinski definition) is 4. The van der Waals surface area contributed by atoms with Crippen LogP contribution in [0.25, 0.3) is 0 Å². The van der Waals surface area contributed by atoms with Gasteiger partial charge in [-0.3, -0.25) is 4.90 Å². The summed E-state index contributed by atoms with van der Waals surface area (Å²) in [4.78, 5) is 2.54. The van der Waals surface area contributed by atoms with Crippen LogP contribution >= 0.6 is 11.8 Å². The molecule has 2 atom stereocenters. The molecule has 1 aromatic rings. The Kier molecular flexibility index (Phi) is 5.37. The topological polar surface area (TPSA) is 28.4 Å². The van der Waals surface area contributed by atoms with Gasteiger partial charge in [-0.15, -0.1) is 0 Å². The minimum Gasteiger partial charge on any atom is -0.468 e. The standard InChI is InChI=1S/C15H26N2OS/c1-11(2)16-9-14-5-7-18-15(14)10-17-6-8-19-13(4)12(17)3/h5,7,11-13,16H,6,8-10H2,1-4H3. The summed E-state index contributed by atoms with van der Waals surface area (Å²) in [7, 11) is 0. The van der Waals surface area contributed by atoms with Crippen molar-refractivity contribution in [2.75, 3.05) is 12.3 Å². The van der Waals surface area contributed by atoms with Crippen LogP contribution in [-0.2, 0) is 13.1 Å². The van der Waals surface area contributed by atoms with E-state index in [1.54, 1.807) is 0 Å². The molecule has 0 aliphatic carbocycles. The summed E-state index contributed by atoms with van der Waals surface area (Å²) >= 11 is 2.08. The van der Waals surface area contributed by atoms with E-state index >= 15 is 0 Å². The maximum Gasteiger partial charge on any atom is 0.122 e. The van der Waals surface area contributed by atoms with Crippen molar-refractivity contribution < 1.29 is 4.42 Å². The Morgan fingerprint density at radius 3 is 3.00 bits per heavy atom. The van der Waals surface area contributed by atoms with E-state index in [1.165, 1.54) is 11.3 Å². The molecule has 0 amide bonds. The van der Waals surface area contributed by atoms with E-state index in [1.807, 2.05) is 6.26 Å². The number of thioether (sulfide) groups is 1. The van der Waals surface area contributed by atoms with Crippen LogP contribution in [-0.4, -0.2) is 34.5 Å². The molecule has 0 spiro atoms. The SMILES string of the molecule is CC(C)NCc1ccoc1CN1CCSC(C)C1C. The van der Waals surface area contributed by atoms with Gasteiger partial charge in [0.2, 0.25) is 0 Å². The maximum atomic E-state index is 5.69. The lowest BCUT2D eigenvalue weighted by Gasteiger charge is -2.37. The highest BCUT2D eigenvalue weighted by Gasteiger charge is 2.26. The van der Waals surface area contributed by atoms with Gasteiger partial charge in [-0.05, 0) is 13.0 Å². The third-order valence-electron chi connectivity index (χ3n) is 3.90. The van der Waals surface area contributed by atoms with Gasteiger partial charge in [0, 0.05) is 41.7 Å². The Labute approximate surface area is 121 Å². The highest BCUT2D eigenvalue weighted by atomic mass is 32.2. The average molecular weight is 282 g/mol. The zero-order valence-corrected chi connectivity index (χ0v) is 13.3. The van der Waals surface area contributed by atoms with Gasteiger partial charge in [0.25, 0.3) is 0 Å². The van der Waals surface area contributed by atoms with Gasteiger partial charge in [0.1, 0.15) is 5.76 Å². The van der Waals surface area contributed by atoms with E-state index in [0.717, 1.165) is 25.4 Å². The van der Waals surface area contributed by atoms with Crippen LogP contribution < -0.4 is 5.32 Å². The van der Waals surface area contributed by atoms with Crippen LogP contribution in [0.4, 0.5) is 0 Å². The lowest BCUT2D eigenvalue weighted by atomic mass is 10.1. The molecule has 4 heteroatoms. The Morgan fingerprint density at radius 1 is 1.47 bits per heavy atom. The number of rotatable bonds is 5. The lowest BCUT2D eigenvalue weighted by Crippen LogP contribution is -2.44. The molecule has 0 bridgehead atoms. The number of furan rings is 1. The molecular formula is C15H26N2OS. The molecule has 2 unspecified atom stereocenters. The van der Waals surface area contributed by atoms with Crippen LogP contribution in [0.1, 0.15) is 39.0 Å². The number of nitrogens with zero attached hydrogens (tertiary/aromatic N) is 1. The summed E-state index contributed by atoms with van der Waals surface area (Å²) in [5.74, 6) is 2.35. The zero-order chi connectivity index (χ0) is 13.8. The van der Waals surface area contributed by atoms with Crippen molar-refractivity contribution in [2.24, 2.45) is 0 Å². The Morgan fingerprint density at radius 2 is 2.26 bits per heavy atom. The molecule has 1 aliphatic heterocycles. The van der Waals surface area contributed by atoms with Crippen molar-refractivity contribution in [3.05, 3.63) is 23.7 Å². The number of nitrogens with one attached hydrogen (secondary N) is 1. The van der Waals surface area contributed by atoms with Gasteiger partial charge >= 0.3 is 0 Å². The van der Waals surface area contributed by atoms with Gasteiger partial charge in [-0.25, -0.2) is 0 Å². The minimum atomic E-state index is 0.507. The summed E-state index contributed by atoms with van der Waals surface area (Å²) in [6, 6.07) is 3.22. The summed E-state index contributed by atoms with van der Waals surface area (Å²) in [6.45, 7) is 12.0. The minimum absolute atomic E-state index is 0.507. The van der Waals surface area contributed by atoms with Gasteiger partial charge in [-0.2, -0.15) is 11.8 Å². The van der Waals surface area contributed by atoms with Gasteiger partial charge in [0.15, 0.2) is 0 Å². The maximum absolute atomic E-state index is 5.69. The van der Waals surface area contributed by atoms with Crippen molar-refractivity contribution in [3.63, 3.8) is 0 Å². The molecule has 0 saturated carbocycles. The van der Waals surface area contributed by atoms with Gasteiger partial charge in [0.05, 0.1) is 12.8 Å². The van der Waals surface area contributed by atoms with Crippen molar-refractivity contribution in [1.29, 1.82) is 0 Å². The van der Waals surface area contributed by atoms with Gasteiger partial charge in [-0.1, -0.05) is 20.8 Å². The highest BCUT2D eigenvalue weighted by Crippen LogP contribution is 2.26. The molecular weight excluding hydrogens is 256 g/mol. The molecule has 1 saturated heterocycles. The average Bonchev–Trinajstić information content (AvgIpc) is 2.80. The molecule has 1 aromatic heterocycles. The highest BCUT2D eigenvalue weighted by molar-refractivity contribution is 8.00. The first-order chi connectivity index (χ1) is 9.08. The second-order valence-corrected chi connectivity index (χ2v) is 7.18. The number of hydrogen-bond donors (Lipinski definition) is 1. The van der Waals surface area contributed by atoms with Crippen LogP contribution in [0.15, 0.2) is 16.7 Å². The molecule has 1 fully saturated rings. The van der Waals surface area contributed by atoms with Crippen LogP contribution in [0, 0.1) is 0 Å².